The molecule has 4 rings (SSSR count). The SMILES string of the molecule is CN=C/C(=C\N)Nc1ncc2c(n1)N(c1cccc(NC(=O)/C=C/CN(C)C)c1)C(=O)N(C(C)c1ccccc1)C2. The van der Waals surface area contributed by atoms with Gasteiger partial charge in [0.1, 0.15) is 0 Å². The molecule has 3 amide bonds. The van der Waals surface area contributed by atoms with Gasteiger partial charge in [0.25, 0.3) is 0 Å². The van der Waals surface area contributed by atoms with E-state index < -0.39 is 0 Å². The summed E-state index contributed by atoms with van der Waals surface area (Å²) in [5.41, 5.74) is 9.08. The first kappa shape index (κ1) is 29.0. The number of urea groups is 1. The van der Waals surface area contributed by atoms with Crippen molar-refractivity contribution in [3.05, 3.63) is 96.0 Å². The molecule has 0 bridgehead atoms. The van der Waals surface area contributed by atoms with Crippen molar-refractivity contribution in [2.75, 3.05) is 43.2 Å². The van der Waals surface area contributed by atoms with E-state index >= 15 is 0 Å². The van der Waals surface area contributed by atoms with Gasteiger partial charge in [-0.2, -0.15) is 4.98 Å². The molecule has 11 nitrogen and oxygen atoms in total. The second-order valence-electron chi connectivity index (χ2n) is 9.71. The lowest BCUT2D eigenvalue weighted by molar-refractivity contribution is -0.111. The second kappa shape index (κ2) is 13.4. The van der Waals surface area contributed by atoms with Gasteiger partial charge in [0.2, 0.25) is 11.9 Å². The zero-order chi connectivity index (χ0) is 29.4. The topological polar surface area (TPSA) is 132 Å². The molecule has 0 radical (unpaired) electrons. The Hall–Kier alpha value is -5.03. The van der Waals surface area contributed by atoms with E-state index in [0.717, 1.165) is 11.1 Å². The summed E-state index contributed by atoms with van der Waals surface area (Å²) in [6.45, 7) is 2.96. The summed E-state index contributed by atoms with van der Waals surface area (Å²) in [7, 11) is 5.48. The van der Waals surface area contributed by atoms with Crippen LogP contribution in [-0.2, 0) is 11.3 Å². The maximum Gasteiger partial charge on any atom is 0.331 e. The Balaban J connectivity index is 1.72. The summed E-state index contributed by atoms with van der Waals surface area (Å²) < 4.78 is 0. The molecule has 0 fully saturated rings. The van der Waals surface area contributed by atoms with Crippen molar-refractivity contribution < 1.29 is 9.59 Å². The van der Waals surface area contributed by atoms with Crippen molar-refractivity contribution in [3.8, 4) is 0 Å². The molecule has 11 heteroatoms. The number of fused-ring (bicyclic) bond motifs is 1. The number of rotatable bonds is 10. The Morgan fingerprint density at radius 3 is 2.66 bits per heavy atom. The highest BCUT2D eigenvalue weighted by atomic mass is 16.2. The average molecular weight is 554 g/mol. The molecule has 0 saturated heterocycles. The molecule has 212 valence electrons. The predicted octanol–water partition coefficient (Wildman–Crippen LogP) is 4.28. The third kappa shape index (κ3) is 7.14. The van der Waals surface area contributed by atoms with E-state index in [0.29, 0.717) is 36.0 Å². The highest BCUT2D eigenvalue weighted by Gasteiger charge is 2.36. The third-order valence-electron chi connectivity index (χ3n) is 6.40. The van der Waals surface area contributed by atoms with Gasteiger partial charge in [-0.1, -0.05) is 42.5 Å². The quantitative estimate of drug-likeness (QED) is 0.252. The number of nitrogens with two attached hydrogens (primary N) is 1. The van der Waals surface area contributed by atoms with Crippen LogP contribution in [0.5, 0.6) is 0 Å². The van der Waals surface area contributed by atoms with Crippen LogP contribution in [-0.4, -0.2) is 65.6 Å². The molecule has 1 atom stereocenters. The van der Waals surface area contributed by atoms with E-state index in [-0.39, 0.29) is 23.9 Å². The number of allylic oxidation sites excluding steroid dienone is 1. The van der Waals surface area contributed by atoms with Crippen molar-refractivity contribution in [1.29, 1.82) is 0 Å². The van der Waals surface area contributed by atoms with Crippen molar-refractivity contribution in [2.45, 2.75) is 19.5 Å². The fourth-order valence-electron chi connectivity index (χ4n) is 4.34. The largest absolute Gasteiger partial charge is 0.403 e. The number of nitrogens with one attached hydrogen (secondary N) is 2. The lowest BCUT2D eigenvalue weighted by atomic mass is 10.0. The van der Waals surface area contributed by atoms with Crippen LogP contribution in [0.4, 0.5) is 27.9 Å². The van der Waals surface area contributed by atoms with E-state index in [2.05, 4.69) is 20.6 Å². The first-order valence-electron chi connectivity index (χ1n) is 13.2. The molecule has 1 aromatic heterocycles. The Bertz CT molecular complexity index is 1470. The van der Waals surface area contributed by atoms with Crippen molar-refractivity contribution in [1.82, 2.24) is 19.8 Å². The van der Waals surface area contributed by atoms with Gasteiger partial charge in [0, 0.05) is 49.5 Å². The first-order chi connectivity index (χ1) is 19.8. The number of hydrogen-bond donors (Lipinski definition) is 3. The van der Waals surface area contributed by atoms with Gasteiger partial charge < -0.3 is 26.2 Å². The number of benzene rings is 2. The summed E-state index contributed by atoms with van der Waals surface area (Å²) >= 11 is 0. The number of aromatic nitrogens is 2. The van der Waals surface area contributed by atoms with Gasteiger partial charge in [0.05, 0.1) is 24.0 Å². The van der Waals surface area contributed by atoms with Crippen molar-refractivity contribution >= 4 is 41.3 Å². The first-order valence-corrected chi connectivity index (χ1v) is 13.2. The molecule has 1 aliphatic heterocycles. The number of likely N-dealkylation sites (N-methyl/N-ethyl adjacent to an activating group) is 1. The monoisotopic (exact) mass is 553 g/mol. The second-order valence-corrected chi connectivity index (χ2v) is 9.71. The molecule has 41 heavy (non-hydrogen) atoms. The van der Waals surface area contributed by atoms with Crippen LogP contribution in [0.15, 0.2) is 89.8 Å². The third-order valence-corrected chi connectivity index (χ3v) is 6.40. The minimum absolute atomic E-state index is 0.214. The van der Waals surface area contributed by atoms with Gasteiger partial charge in [-0.05, 0) is 44.8 Å². The molecule has 2 aromatic carbocycles. The number of nitrogens with zero attached hydrogens (tertiary/aromatic N) is 6. The van der Waals surface area contributed by atoms with E-state index in [1.165, 1.54) is 12.3 Å². The van der Waals surface area contributed by atoms with Crippen LogP contribution in [0.25, 0.3) is 0 Å². The number of hydrogen-bond acceptors (Lipinski definition) is 8. The molecular formula is C30H35N9O2. The molecule has 0 aliphatic carbocycles. The fraction of sp³-hybridized carbons (Fsp3) is 0.233. The van der Waals surface area contributed by atoms with Gasteiger partial charge in [-0.25, -0.2) is 14.7 Å². The van der Waals surface area contributed by atoms with E-state index in [1.54, 1.807) is 59.6 Å². The number of aliphatic imine (C=N–C) groups is 1. The van der Waals surface area contributed by atoms with Crippen LogP contribution < -0.4 is 21.3 Å². The summed E-state index contributed by atoms with van der Waals surface area (Å²) in [6, 6.07) is 16.5. The normalized spacial score (nSPS) is 14.6. The lowest BCUT2D eigenvalue weighted by Crippen LogP contribution is -2.46. The van der Waals surface area contributed by atoms with Crippen LogP contribution in [0.2, 0.25) is 0 Å². The molecule has 1 unspecified atom stereocenters. The minimum Gasteiger partial charge on any atom is -0.403 e. The summed E-state index contributed by atoms with van der Waals surface area (Å²) in [5.74, 6) is 0.433. The Labute approximate surface area is 240 Å². The number of anilines is 4. The van der Waals surface area contributed by atoms with E-state index in [1.807, 2.05) is 56.3 Å². The Morgan fingerprint density at radius 1 is 1.17 bits per heavy atom. The van der Waals surface area contributed by atoms with Crippen LogP contribution in [0.1, 0.15) is 24.1 Å². The molecule has 4 N–H and O–H groups in total. The maximum absolute atomic E-state index is 14.1. The van der Waals surface area contributed by atoms with E-state index in [4.69, 9.17) is 10.7 Å². The van der Waals surface area contributed by atoms with Gasteiger partial charge in [0.15, 0.2) is 5.82 Å². The molecular weight excluding hydrogens is 518 g/mol. The zero-order valence-corrected chi connectivity index (χ0v) is 23.7. The van der Waals surface area contributed by atoms with Gasteiger partial charge >= 0.3 is 6.03 Å². The predicted molar refractivity (Wildman–Crippen MR) is 163 cm³/mol. The zero-order valence-electron chi connectivity index (χ0n) is 23.7. The number of amides is 3. The van der Waals surface area contributed by atoms with Gasteiger partial charge in [-0.3, -0.25) is 9.79 Å². The van der Waals surface area contributed by atoms with E-state index in [9.17, 15) is 9.59 Å². The van der Waals surface area contributed by atoms with Crippen molar-refractivity contribution in [3.63, 3.8) is 0 Å². The number of carbonyl (C=O) groups excluding carboxylic acids is 2. The molecule has 0 saturated carbocycles. The summed E-state index contributed by atoms with van der Waals surface area (Å²) in [5, 5.41) is 5.91. The maximum atomic E-state index is 14.1. The smallest absolute Gasteiger partial charge is 0.331 e. The van der Waals surface area contributed by atoms with Crippen LogP contribution >= 0.6 is 0 Å². The average Bonchev–Trinajstić information content (AvgIpc) is 2.96. The molecule has 3 aromatic rings. The number of carbonyl (C=O) groups is 2. The highest BCUT2D eigenvalue weighted by molar-refractivity contribution is 6.03. The van der Waals surface area contributed by atoms with Crippen LogP contribution in [0, 0.1) is 0 Å². The molecule has 0 spiro atoms. The molecule has 1 aliphatic rings. The minimum atomic E-state index is -0.263. The summed E-state index contributed by atoms with van der Waals surface area (Å²) in [4.78, 5) is 45.1. The van der Waals surface area contributed by atoms with Crippen LogP contribution in [0.3, 0.4) is 0 Å². The highest BCUT2D eigenvalue weighted by Crippen LogP contribution is 2.38. The Morgan fingerprint density at radius 2 is 1.95 bits per heavy atom. The standard InChI is InChI=1S/C30H35N9O2/c1-21(22-10-6-5-7-11-22)38-20-23-18-33-29(35-25(17-31)19-32-2)36-28(23)39(30(38)41)26-13-8-12-24(16-26)34-27(40)14-9-15-37(3)4/h5-14,16-19,21H,15,20,31H2,1-4H3,(H,34,40)(H,33,35,36)/b14-9+,25-17+,32-19?. The van der Waals surface area contributed by atoms with Gasteiger partial charge in [-0.15, -0.1) is 0 Å². The Kier molecular flexibility index (Phi) is 9.43. The lowest BCUT2D eigenvalue weighted by Gasteiger charge is -2.39. The fourth-order valence-corrected chi connectivity index (χ4v) is 4.34. The van der Waals surface area contributed by atoms with Crippen molar-refractivity contribution in [2.24, 2.45) is 10.7 Å². The molecule has 2 heterocycles. The summed E-state index contributed by atoms with van der Waals surface area (Å²) in [6.07, 6.45) is 7.89.